The molecule has 1 N–H and O–H groups in total. The van der Waals surface area contributed by atoms with E-state index in [1.54, 1.807) is 30.5 Å². The van der Waals surface area contributed by atoms with Crippen molar-refractivity contribution in [3.8, 4) is 16.3 Å². The van der Waals surface area contributed by atoms with Crippen LogP contribution in [0.3, 0.4) is 0 Å². The zero-order valence-corrected chi connectivity index (χ0v) is 15.1. The van der Waals surface area contributed by atoms with Gasteiger partial charge >= 0.3 is 0 Å². The molecule has 0 unspecified atom stereocenters. The van der Waals surface area contributed by atoms with Crippen LogP contribution >= 0.6 is 11.3 Å². The molecule has 3 aromatic rings. The third kappa shape index (κ3) is 4.22. The first-order chi connectivity index (χ1) is 12.0. The van der Waals surface area contributed by atoms with Crippen molar-refractivity contribution in [3.05, 3.63) is 59.9 Å². The van der Waals surface area contributed by atoms with Gasteiger partial charge in [-0.15, -0.1) is 0 Å². The normalized spacial score (nSPS) is 10.7. The van der Waals surface area contributed by atoms with E-state index in [0.29, 0.717) is 10.7 Å². The molecule has 0 saturated heterocycles. The monoisotopic (exact) mass is 353 g/mol. The number of amides is 1. The highest BCUT2D eigenvalue weighted by Crippen LogP contribution is 2.31. The first-order valence-electron chi connectivity index (χ1n) is 8.00. The quantitative estimate of drug-likeness (QED) is 0.731. The van der Waals surface area contributed by atoms with Crippen LogP contribution in [0.2, 0.25) is 0 Å². The average Bonchev–Trinajstić information content (AvgIpc) is 2.96. The fourth-order valence-electron chi connectivity index (χ4n) is 2.31. The van der Waals surface area contributed by atoms with E-state index in [1.807, 2.05) is 39.0 Å². The molecule has 0 fully saturated rings. The molecule has 0 aliphatic rings. The molecule has 0 aliphatic carbocycles. The van der Waals surface area contributed by atoms with Crippen LogP contribution in [-0.2, 0) is 0 Å². The molecule has 0 aliphatic heterocycles. The second-order valence-corrected chi connectivity index (χ2v) is 6.79. The molecule has 6 heteroatoms. The molecule has 128 valence electrons. The van der Waals surface area contributed by atoms with Gasteiger partial charge in [-0.05, 0) is 57.2 Å². The van der Waals surface area contributed by atoms with Crippen LogP contribution in [0.5, 0.6) is 5.75 Å². The van der Waals surface area contributed by atoms with Crippen molar-refractivity contribution in [3.63, 3.8) is 0 Å². The van der Waals surface area contributed by atoms with Crippen LogP contribution in [0.25, 0.3) is 10.6 Å². The molecule has 25 heavy (non-hydrogen) atoms. The topological polar surface area (TPSA) is 64.1 Å². The Labute approximate surface area is 150 Å². The van der Waals surface area contributed by atoms with Crippen molar-refractivity contribution in [2.75, 3.05) is 5.32 Å². The van der Waals surface area contributed by atoms with Gasteiger partial charge in [-0.1, -0.05) is 17.4 Å². The summed E-state index contributed by atoms with van der Waals surface area (Å²) >= 11 is 1.42. The number of carbonyl (C=O) groups excluding carboxylic acids is 1. The predicted molar refractivity (Wildman–Crippen MR) is 100 cm³/mol. The van der Waals surface area contributed by atoms with Gasteiger partial charge in [-0.2, -0.15) is 0 Å². The fourth-order valence-corrected chi connectivity index (χ4v) is 3.25. The molecule has 5 nitrogen and oxygen atoms in total. The van der Waals surface area contributed by atoms with Gasteiger partial charge in [0.1, 0.15) is 5.75 Å². The van der Waals surface area contributed by atoms with Crippen LogP contribution in [0.1, 0.15) is 29.9 Å². The van der Waals surface area contributed by atoms with E-state index >= 15 is 0 Å². The number of nitrogens with zero attached hydrogens (tertiary/aromatic N) is 2. The molecular weight excluding hydrogens is 334 g/mol. The Bertz CT molecular complexity index is 858. The lowest BCUT2D eigenvalue weighted by molar-refractivity contribution is 0.102. The van der Waals surface area contributed by atoms with Crippen molar-refractivity contribution in [2.24, 2.45) is 0 Å². The molecule has 1 amide bonds. The van der Waals surface area contributed by atoms with E-state index in [1.165, 1.54) is 11.3 Å². The van der Waals surface area contributed by atoms with Crippen molar-refractivity contribution in [2.45, 2.75) is 26.9 Å². The lowest BCUT2D eigenvalue weighted by Crippen LogP contribution is -2.12. The van der Waals surface area contributed by atoms with E-state index in [0.717, 1.165) is 22.0 Å². The van der Waals surface area contributed by atoms with Crippen LogP contribution < -0.4 is 10.1 Å². The maximum atomic E-state index is 12.4. The Balaban J connectivity index is 1.73. The number of carbonyl (C=O) groups is 1. The molecule has 0 bridgehead atoms. The molecule has 1 aromatic carbocycles. The Morgan fingerprint density at radius 3 is 2.56 bits per heavy atom. The number of hydrogen-bond acceptors (Lipinski definition) is 5. The summed E-state index contributed by atoms with van der Waals surface area (Å²) in [5, 5.41) is 3.41. The number of rotatable bonds is 5. The fraction of sp³-hybridized carbons (Fsp3) is 0.211. The van der Waals surface area contributed by atoms with Gasteiger partial charge in [0.05, 0.1) is 22.4 Å². The highest BCUT2D eigenvalue weighted by molar-refractivity contribution is 7.19. The number of nitrogens with one attached hydrogen (secondary N) is 1. The van der Waals surface area contributed by atoms with E-state index < -0.39 is 0 Å². The minimum atomic E-state index is -0.197. The zero-order valence-electron chi connectivity index (χ0n) is 14.3. The van der Waals surface area contributed by atoms with Gasteiger partial charge in [0, 0.05) is 11.8 Å². The summed E-state index contributed by atoms with van der Waals surface area (Å²) in [5.74, 6) is 0.548. The van der Waals surface area contributed by atoms with Crippen LogP contribution in [0.4, 0.5) is 5.13 Å². The molecule has 3 rings (SSSR count). The number of pyridine rings is 1. The minimum Gasteiger partial charge on any atom is -0.491 e. The van der Waals surface area contributed by atoms with Gasteiger partial charge in [-0.25, -0.2) is 4.98 Å². The highest BCUT2D eigenvalue weighted by Gasteiger charge is 2.14. The largest absolute Gasteiger partial charge is 0.491 e. The number of aromatic nitrogens is 2. The molecule has 2 aromatic heterocycles. The molecule has 0 atom stereocenters. The maximum absolute atomic E-state index is 12.4. The van der Waals surface area contributed by atoms with Crippen molar-refractivity contribution in [1.29, 1.82) is 0 Å². The highest BCUT2D eigenvalue weighted by atomic mass is 32.1. The van der Waals surface area contributed by atoms with Gasteiger partial charge in [0.15, 0.2) is 5.13 Å². The van der Waals surface area contributed by atoms with E-state index in [-0.39, 0.29) is 12.0 Å². The average molecular weight is 353 g/mol. The summed E-state index contributed by atoms with van der Waals surface area (Å²) < 4.78 is 5.59. The smallest absolute Gasteiger partial charge is 0.257 e. The summed E-state index contributed by atoms with van der Waals surface area (Å²) in [5.41, 5.74) is 2.26. The van der Waals surface area contributed by atoms with E-state index in [4.69, 9.17) is 4.74 Å². The standard InChI is InChI=1S/C19H19N3O2S/c1-12(2)24-15-9-7-14(8-10-15)18(23)22-19-21-13(3)17(25-19)16-6-4-5-11-20-16/h4-12H,1-3H3,(H,21,22,23). The molecule has 2 heterocycles. The summed E-state index contributed by atoms with van der Waals surface area (Å²) in [6.07, 6.45) is 1.84. The van der Waals surface area contributed by atoms with Crippen molar-refractivity contribution in [1.82, 2.24) is 9.97 Å². The van der Waals surface area contributed by atoms with Crippen LogP contribution in [-0.4, -0.2) is 22.0 Å². The summed E-state index contributed by atoms with van der Waals surface area (Å²) in [6, 6.07) is 12.8. The van der Waals surface area contributed by atoms with E-state index in [9.17, 15) is 4.79 Å². The Hall–Kier alpha value is -2.73. The Morgan fingerprint density at radius 1 is 1.16 bits per heavy atom. The third-order valence-corrected chi connectivity index (χ3v) is 4.50. The third-order valence-electron chi connectivity index (χ3n) is 3.40. The van der Waals surface area contributed by atoms with Gasteiger partial charge in [0.2, 0.25) is 0 Å². The van der Waals surface area contributed by atoms with Gasteiger partial charge < -0.3 is 4.74 Å². The molecule has 0 radical (unpaired) electrons. The SMILES string of the molecule is Cc1nc(NC(=O)c2ccc(OC(C)C)cc2)sc1-c1ccccn1. The summed E-state index contributed by atoms with van der Waals surface area (Å²) in [6.45, 7) is 5.84. The number of thiazole rings is 1. The second kappa shape index (κ2) is 7.44. The van der Waals surface area contributed by atoms with Gasteiger partial charge in [-0.3, -0.25) is 15.1 Å². The number of anilines is 1. The first kappa shape index (κ1) is 17.1. The van der Waals surface area contributed by atoms with Crippen LogP contribution in [0.15, 0.2) is 48.7 Å². The van der Waals surface area contributed by atoms with Gasteiger partial charge in [0.25, 0.3) is 5.91 Å². The first-order valence-corrected chi connectivity index (χ1v) is 8.81. The zero-order chi connectivity index (χ0) is 17.8. The lowest BCUT2D eigenvalue weighted by Gasteiger charge is -2.09. The Morgan fingerprint density at radius 2 is 1.92 bits per heavy atom. The number of hydrogen-bond donors (Lipinski definition) is 1. The number of ether oxygens (including phenoxy) is 1. The maximum Gasteiger partial charge on any atom is 0.257 e. The number of benzene rings is 1. The second-order valence-electron chi connectivity index (χ2n) is 5.79. The molecular formula is C19H19N3O2S. The molecule has 0 spiro atoms. The van der Waals surface area contributed by atoms with Crippen molar-refractivity contribution < 1.29 is 9.53 Å². The molecule has 0 saturated carbocycles. The van der Waals surface area contributed by atoms with Crippen LogP contribution in [0, 0.1) is 6.92 Å². The predicted octanol–water partition coefficient (Wildman–Crippen LogP) is 4.55. The Kier molecular flexibility index (Phi) is 5.09. The summed E-state index contributed by atoms with van der Waals surface area (Å²) in [7, 11) is 0. The van der Waals surface area contributed by atoms with Crippen molar-refractivity contribution >= 4 is 22.4 Å². The minimum absolute atomic E-state index is 0.1000. The van der Waals surface area contributed by atoms with E-state index in [2.05, 4.69) is 15.3 Å². The lowest BCUT2D eigenvalue weighted by atomic mass is 10.2. The summed E-state index contributed by atoms with van der Waals surface area (Å²) in [4.78, 5) is 22.1. The number of aryl methyl sites for hydroxylation is 1.